The first-order valence-electron chi connectivity index (χ1n) is 5.43. The number of nitrogens with zero attached hydrogens (tertiary/aromatic N) is 2. The van der Waals surface area contributed by atoms with Gasteiger partial charge in [-0.1, -0.05) is 15.9 Å². The van der Waals surface area contributed by atoms with Gasteiger partial charge in [0.2, 0.25) is 0 Å². The second-order valence-corrected chi connectivity index (χ2v) is 5.76. The van der Waals surface area contributed by atoms with Crippen LogP contribution in [0.5, 0.6) is 0 Å². The molecule has 0 bridgehead atoms. The van der Waals surface area contributed by atoms with Gasteiger partial charge in [-0.05, 0) is 46.3 Å². The highest BCUT2D eigenvalue weighted by molar-refractivity contribution is 9.10. The lowest BCUT2D eigenvalue weighted by Crippen LogP contribution is -2.27. The number of carbonyl (C=O) groups is 1. The number of pyridine rings is 1. The summed E-state index contributed by atoms with van der Waals surface area (Å²) >= 11 is 6.62. The van der Waals surface area contributed by atoms with Gasteiger partial charge in [0.1, 0.15) is 5.69 Å². The SMILES string of the molecule is CN(C(=O)c1ccc(Br)cn1)c1ccc(Br)cc1N. The molecule has 0 aliphatic carbocycles. The number of aromatic nitrogens is 1. The zero-order valence-electron chi connectivity index (χ0n) is 10.1. The minimum absolute atomic E-state index is 0.207. The van der Waals surface area contributed by atoms with E-state index in [0.717, 1.165) is 8.95 Å². The van der Waals surface area contributed by atoms with Crippen LogP contribution in [0.3, 0.4) is 0 Å². The van der Waals surface area contributed by atoms with Gasteiger partial charge in [-0.2, -0.15) is 0 Å². The Bertz CT molecular complexity index is 614. The van der Waals surface area contributed by atoms with E-state index in [9.17, 15) is 4.79 Å². The Kier molecular flexibility index (Phi) is 4.21. The number of nitrogen functional groups attached to an aromatic ring is 1. The lowest BCUT2D eigenvalue weighted by Gasteiger charge is -2.19. The summed E-state index contributed by atoms with van der Waals surface area (Å²) in [5, 5.41) is 0. The van der Waals surface area contributed by atoms with Gasteiger partial charge in [-0.3, -0.25) is 4.79 Å². The Morgan fingerprint density at radius 1 is 1.21 bits per heavy atom. The Morgan fingerprint density at radius 3 is 2.47 bits per heavy atom. The average Bonchev–Trinajstić information content (AvgIpc) is 2.38. The fourth-order valence-corrected chi connectivity index (χ4v) is 2.23. The second kappa shape index (κ2) is 5.71. The van der Waals surface area contributed by atoms with E-state index in [-0.39, 0.29) is 5.91 Å². The summed E-state index contributed by atoms with van der Waals surface area (Å²) in [6.07, 6.45) is 1.59. The summed E-state index contributed by atoms with van der Waals surface area (Å²) in [5.74, 6) is -0.207. The summed E-state index contributed by atoms with van der Waals surface area (Å²) in [6, 6.07) is 8.83. The molecule has 19 heavy (non-hydrogen) atoms. The molecule has 1 aromatic carbocycles. The Labute approximate surface area is 127 Å². The molecule has 0 aliphatic heterocycles. The Hall–Kier alpha value is -1.40. The maximum Gasteiger partial charge on any atom is 0.276 e. The maximum atomic E-state index is 12.3. The zero-order chi connectivity index (χ0) is 14.0. The maximum absolute atomic E-state index is 12.3. The van der Waals surface area contributed by atoms with Gasteiger partial charge in [-0.25, -0.2) is 4.98 Å². The zero-order valence-corrected chi connectivity index (χ0v) is 13.3. The molecule has 1 amide bonds. The fraction of sp³-hybridized carbons (Fsp3) is 0.0769. The molecule has 0 atom stereocenters. The number of carbonyl (C=O) groups excluding carboxylic acids is 1. The molecule has 2 rings (SSSR count). The molecule has 0 saturated carbocycles. The van der Waals surface area contributed by atoms with E-state index < -0.39 is 0 Å². The van der Waals surface area contributed by atoms with Crippen molar-refractivity contribution in [3.05, 3.63) is 51.2 Å². The summed E-state index contributed by atoms with van der Waals surface area (Å²) < 4.78 is 1.70. The molecule has 0 fully saturated rings. The number of anilines is 2. The minimum Gasteiger partial charge on any atom is -0.397 e. The van der Waals surface area contributed by atoms with Crippen LogP contribution in [0.2, 0.25) is 0 Å². The van der Waals surface area contributed by atoms with Crippen LogP contribution in [-0.2, 0) is 0 Å². The summed E-state index contributed by atoms with van der Waals surface area (Å²) in [5.41, 5.74) is 7.46. The number of amides is 1. The Balaban J connectivity index is 2.30. The summed E-state index contributed by atoms with van der Waals surface area (Å²) in [7, 11) is 1.67. The van der Waals surface area contributed by atoms with Gasteiger partial charge < -0.3 is 10.6 Å². The standard InChI is InChI=1S/C13H11Br2N3O/c1-18(12-5-3-8(14)6-10(12)16)13(19)11-4-2-9(15)7-17-11/h2-7H,16H2,1H3. The molecular weight excluding hydrogens is 374 g/mol. The van der Waals surface area contributed by atoms with Gasteiger partial charge in [0.05, 0.1) is 11.4 Å². The second-order valence-electron chi connectivity index (χ2n) is 3.93. The average molecular weight is 385 g/mol. The number of rotatable bonds is 2. The molecule has 0 spiro atoms. The normalized spacial score (nSPS) is 10.3. The molecule has 1 heterocycles. The molecule has 0 aliphatic rings. The van der Waals surface area contributed by atoms with Crippen molar-refractivity contribution in [2.75, 3.05) is 17.7 Å². The van der Waals surface area contributed by atoms with Gasteiger partial charge >= 0.3 is 0 Å². The van der Waals surface area contributed by atoms with Crippen molar-refractivity contribution < 1.29 is 4.79 Å². The van der Waals surface area contributed by atoms with Gasteiger partial charge in [0.25, 0.3) is 5.91 Å². The number of hydrogen-bond donors (Lipinski definition) is 1. The molecule has 1 aromatic heterocycles. The molecule has 0 saturated heterocycles. The van der Waals surface area contributed by atoms with E-state index in [1.165, 1.54) is 4.90 Å². The molecule has 2 N–H and O–H groups in total. The van der Waals surface area contributed by atoms with Gasteiger partial charge in [0, 0.05) is 22.2 Å². The minimum atomic E-state index is -0.207. The van der Waals surface area contributed by atoms with E-state index in [1.807, 2.05) is 6.07 Å². The number of nitrogens with two attached hydrogens (primary N) is 1. The highest BCUT2D eigenvalue weighted by atomic mass is 79.9. The number of hydrogen-bond acceptors (Lipinski definition) is 3. The molecule has 0 radical (unpaired) electrons. The van der Waals surface area contributed by atoms with Crippen LogP contribution in [0, 0.1) is 0 Å². The third-order valence-electron chi connectivity index (χ3n) is 2.60. The van der Waals surface area contributed by atoms with Crippen molar-refractivity contribution in [2.24, 2.45) is 0 Å². The van der Waals surface area contributed by atoms with E-state index >= 15 is 0 Å². The number of benzene rings is 1. The molecular formula is C13H11Br2N3O. The van der Waals surface area contributed by atoms with Crippen LogP contribution < -0.4 is 10.6 Å². The van der Waals surface area contributed by atoms with Crippen molar-refractivity contribution in [3.63, 3.8) is 0 Å². The van der Waals surface area contributed by atoms with E-state index in [2.05, 4.69) is 36.8 Å². The molecule has 4 nitrogen and oxygen atoms in total. The third kappa shape index (κ3) is 3.13. The summed E-state index contributed by atoms with van der Waals surface area (Å²) in [6.45, 7) is 0. The van der Waals surface area contributed by atoms with Gasteiger partial charge in [0.15, 0.2) is 0 Å². The van der Waals surface area contributed by atoms with Crippen molar-refractivity contribution >= 4 is 49.1 Å². The third-order valence-corrected chi connectivity index (χ3v) is 3.56. The molecule has 0 unspecified atom stereocenters. The lowest BCUT2D eigenvalue weighted by atomic mass is 10.2. The van der Waals surface area contributed by atoms with Crippen LogP contribution in [0.15, 0.2) is 45.5 Å². The van der Waals surface area contributed by atoms with Crippen LogP contribution in [0.1, 0.15) is 10.5 Å². The van der Waals surface area contributed by atoms with Crippen molar-refractivity contribution in [2.45, 2.75) is 0 Å². The quantitative estimate of drug-likeness (QED) is 0.806. The molecule has 98 valence electrons. The van der Waals surface area contributed by atoms with Crippen molar-refractivity contribution in [1.82, 2.24) is 4.98 Å². The van der Waals surface area contributed by atoms with Crippen LogP contribution in [-0.4, -0.2) is 17.9 Å². The topological polar surface area (TPSA) is 59.2 Å². The highest BCUT2D eigenvalue weighted by Gasteiger charge is 2.16. The first-order chi connectivity index (χ1) is 8.99. The predicted octanol–water partition coefficient (Wildman–Crippen LogP) is 3.47. The largest absolute Gasteiger partial charge is 0.397 e. The van der Waals surface area contributed by atoms with E-state index in [4.69, 9.17) is 5.73 Å². The molecule has 6 heteroatoms. The monoisotopic (exact) mass is 383 g/mol. The van der Waals surface area contributed by atoms with E-state index in [1.54, 1.807) is 37.5 Å². The van der Waals surface area contributed by atoms with Gasteiger partial charge in [-0.15, -0.1) is 0 Å². The fourth-order valence-electron chi connectivity index (χ4n) is 1.61. The highest BCUT2D eigenvalue weighted by Crippen LogP contribution is 2.26. The first-order valence-corrected chi connectivity index (χ1v) is 7.02. The lowest BCUT2D eigenvalue weighted by molar-refractivity contribution is 0.0988. The Morgan fingerprint density at radius 2 is 1.89 bits per heavy atom. The van der Waals surface area contributed by atoms with Crippen molar-refractivity contribution in [1.29, 1.82) is 0 Å². The van der Waals surface area contributed by atoms with Crippen LogP contribution >= 0.6 is 31.9 Å². The van der Waals surface area contributed by atoms with E-state index in [0.29, 0.717) is 17.1 Å². The summed E-state index contributed by atoms with van der Waals surface area (Å²) in [4.78, 5) is 17.8. The molecule has 2 aromatic rings. The predicted molar refractivity (Wildman–Crippen MR) is 83.2 cm³/mol. The first kappa shape index (κ1) is 14.0. The smallest absolute Gasteiger partial charge is 0.276 e. The number of halogens is 2. The van der Waals surface area contributed by atoms with Crippen molar-refractivity contribution in [3.8, 4) is 0 Å². The van der Waals surface area contributed by atoms with Crippen LogP contribution in [0.25, 0.3) is 0 Å². The van der Waals surface area contributed by atoms with Crippen LogP contribution in [0.4, 0.5) is 11.4 Å².